The van der Waals surface area contributed by atoms with Gasteiger partial charge in [0.1, 0.15) is 6.42 Å². The van der Waals surface area contributed by atoms with Crippen LogP contribution in [-0.2, 0) is 29.0 Å². The number of amides is 1. The molecule has 1 aliphatic carbocycles. The SMILES string of the molecule is CC(C)[C@@H]1CN(c2nc(C3CC3)c3c(c2N)CC(C)(C)OC3)CCN1C(=O)Cc1nnco1. The van der Waals surface area contributed by atoms with Crippen molar-refractivity contribution in [3.63, 3.8) is 0 Å². The average Bonchev–Trinajstić information content (AvgIpc) is 3.49. The van der Waals surface area contributed by atoms with E-state index in [4.69, 9.17) is 19.9 Å². The van der Waals surface area contributed by atoms with Crippen molar-refractivity contribution in [2.45, 2.75) is 77.5 Å². The van der Waals surface area contributed by atoms with Crippen molar-refractivity contribution in [2.24, 2.45) is 5.92 Å². The molecule has 2 aliphatic heterocycles. The summed E-state index contributed by atoms with van der Waals surface area (Å²) in [5, 5.41) is 7.55. The van der Waals surface area contributed by atoms with Gasteiger partial charge in [0.15, 0.2) is 5.82 Å². The van der Waals surface area contributed by atoms with Crippen molar-refractivity contribution >= 4 is 17.4 Å². The lowest BCUT2D eigenvalue weighted by molar-refractivity contribution is -0.134. The van der Waals surface area contributed by atoms with Gasteiger partial charge in [-0.2, -0.15) is 0 Å². The molecule has 1 saturated heterocycles. The number of piperazine rings is 1. The summed E-state index contributed by atoms with van der Waals surface area (Å²) in [4.78, 5) is 22.4. The number of nitrogens with two attached hydrogens (primary N) is 1. The van der Waals surface area contributed by atoms with E-state index in [1.807, 2.05) is 4.90 Å². The number of carbonyl (C=O) groups excluding carboxylic acids is 1. The molecule has 0 radical (unpaired) electrons. The molecule has 3 aliphatic rings. The third kappa shape index (κ3) is 4.30. The number of anilines is 2. The lowest BCUT2D eigenvalue weighted by Gasteiger charge is -2.44. The highest BCUT2D eigenvalue weighted by Crippen LogP contribution is 2.46. The summed E-state index contributed by atoms with van der Waals surface area (Å²) >= 11 is 0. The van der Waals surface area contributed by atoms with Crippen LogP contribution in [0.4, 0.5) is 11.5 Å². The molecule has 0 aromatic carbocycles. The number of carbonyl (C=O) groups is 1. The predicted molar refractivity (Wildman–Crippen MR) is 124 cm³/mol. The summed E-state index contributed by atoms with van der Waals surface area (Å²) in [7, 11) is 0. The highest BCUT2D eigenvalue weighted by molar-refractivity contribution is 5.79. The van der Waals surface area contributed by atoms with Gasteiger partial charge in [0, 0.05) is 37.5 Å². The third-order valence-corrected chi connectivity index (χ3v) is 7.16. The maximum absolute atomic E-state index is 13.0. The molecular weight excluding hydrogens is 420 g/mol. The minimum absolute atomic E-state index is 0.0153. The van der Waals surface area contributed by atoms with Crippen LogP contribution in [0.3, 0.4) is 0 Å². The number of hydrogen-bond donors (Lipinski definition) is 1. The number of nitrogen functional groups attached to an aromatic ring is 1. The number of rotatable bonds is 5. The molecule has 0 bridgehead atoms. The molecule has 2 aromatic heterocycles. The van der Waals surface area contributed by atoms with Crippen LogP contribution < -0.4 is 10.6 Å². The van der Waals surface area contributed by atoms with Gasteiger partial charge in [-0.05, 0) is 38.2 Å². The van der Waals surface area contributed by atoms with E-state index in [1.165, 1.54) is 36.1 Å². The van der Waals surface area contributed by atoms with Crippen LogP contribution in [0, 0.1) is 5.92 Å². The molecule has 9 nitrogen and oxygen atoms in total. The van der Waals surface area contributed by atoms with Crippen LogP contribution in [0.1, 0.15) is 69.2 Å². The summed E-state index contributed by atoms with van der Waals surface area (Å²) in [6, 6.07) is 0.0514. The lowest BCUT2D eigenvalue weighted by atomic mass is 9.89. The first-order valence-corrected chi connectivity index (χ1v) is 12.0. The molecule has 2 fully saturated rings. The predicted octanol–water partition coefficient (Wildman–Crippen LogP) is 2.69. The quantitative estimate of drug-likeness (QED) is 0.734. The molecule has 0 unspecified atom stereocenters. The summed E-state index contributed by atoms with van der Waals surface area (Å²) in [5.41, 5.74) is 10.9. The molecule has 1 amide bonds. The highest BCUT2D eigenvalue weighted by Gasteiger charge is 2.39. The zero-order chi connectivity index (χ0) is 23.3. The van der Waals surface area contributed by atoms with Crippen molar-refractivity contribution in [3.8, 4) is 0 Å². The Balaban J connectivity index is 1.43. The van der Waals surface area contributed by atoms with Gasteiger partial charge in [-0.3, -0.25) is 4.79 Å². The van der Waals surface area contributed by atoms with Crippen molar-refractivity contribution in [1.29, 1.82) is 0 Å². The zero-order valence-electron chi connectivity index (χ0n) is 20.0. The molecule has 9 heteroatoms. The molecule has 4 heterocycles. The van der Waals surface area contributed by atoms with Crippen molar-refractivity contribution in [2.75, 3.05) is 30.3 Å². The Kier molecular flexibility index (Phi) is 5.55. The van der Waals surface area contributed by atoms with Crippen LogP contribution in [-0.4, -0.2) is 57.3 Å². The normalized spacial score (nSPS) is 22.5. The van der Waals surface area contributed by atoms with Crippen molar-refractivity contribution in [1.82, 2.24) is 20.1 Å². The topological polar surface area (TPSA) is 111 Å². The third-order valence-electron chi connectivity index (χ3n) is 7.16. The maximum atomic E-state index is 13.0. The molecule has 1 saturated carbocycles. The second-order valence-corrected chi connectivity index (χ2v) is 10.5. The van der Waals surface area contributed by atoms with Gasteiger partial charge in [-0.15, -0.1) is 10.2 Å². The number of fused-ring (bicyclic) bond motifs is 1. The number of hydrogen-bond acceptors (Lipinski definition) is 8. The number of ether oxygens (including phenoxy) is 1. The lowest BCUT2D eigenvalue weighted by Crippen LogP contribution is -2.58. The minimum atomic E-state index is -0.235. The largest absolute Gasteiger partial charge is 0.427 e. The highest BCUT2D eigenvalue weighted by atomic mass is 16.5. The Morgan fingerprint density at radius 2 is 2.06 bits per heavy atom. The molecule has 33 heavy (non-hydrogen) atoms. The molecular formula is C24H34N6O3. The average molecular weight is 455 g/mol. The molecule has 1 atom stereocenters. The van der Waals surface area contributed by atoms with Gasteiger partial charge in [-0.1, -0.05) is 13.8 Å². The first kappa shape index (κ1) is 22.1. The summed E-state index contributed by atoms with van der Waals surface area (Å²) in [5.74, 6) is 2.04. The van der Waals surface area contributed by atoms with E-state index >= 15 is 0 Å². The fraction of sp³-hybridized carbons (Fsp3) is 0.667. The number of nitrogens with zero attached hydrogens (tertiary/aromatic N) is 5. The van der Waals surface area contributed by atoms with E-state index < -0.39 is 0 Å². The van der Waals surface area contributed by atoms with Gasteiger partial charge in [0.25, 0.3) is 0 Å². The number of aromatic nitrogens is 3. The van der Waals surface area contributed by atoms with Crippen LogP contribution >= 0.6 is 0 Å². The summed E-state index contributed by atoms with van der Waals surface area (Å²) in [6.45, 7) is 11.1. The maximum Gasteiger partial charge on any atom is 0.232 e. The Morgan fingerprint density at radius 1 is 1.27 bits per heavy atom. The summed E-state index contributed by atoms with van der Waals surface area (Å²) in [6.07, 6.45) is 4.54. The van der Waals surface area contributed by atoms with E-state index in [-0.39, 0.29) is 29.9 Å². The summed E-state index contributed by atoms with van der Waals surface area (Å²) < 4.78 is 11.3. The second-order valence-electron chi connectivity index (χ2n) is 10.5. The molecule has 2 N–H and O–H groups in total. The Hall–Kier alpha value is -2.68. The molecule has 5 rings (SSSR count). The van der Waals surface area contributed by atoms with Crippen LogP contribution in [0.25, 0.3) is 0 Å². The van der Waals surface area contributed by atoms with Crippen LogP contribution in [0.15, 0.2) is 10.8 Å². The Bertz CT molecular complexity index is 1030. The standard InChI is InChI=1S/C24H34N6O3/c1-14(2)18-11-29(7-8-30(18)20(31)9-19-28-26-13-32-19)23-21(25)16-10-24(3,4)33-12-17(16)22(27-23)15-5-6-15/h13-15,18H,5-12,25H2,1-4H3/t18-/m0/s1. The van der Waals surface area contributed by atoms with E-state index in [0.717, 1.165) is 17.9 Å². The van der Waals surface area contributed by atoms with Gasteiger partial charge >= 0.3 is 0 Å². The van der Waals surface area contributed by atoms with Crippen molar-refractivity contribution in [3.05, 3.63) is 29.1 Å². The molecule has 0 spiro atoms. The first-order valence-electron chi connectivity index (χ1n) is 12.0. The molecule has 178 valence electrons. The van der Waals surface area contributed by atoms with Crippen molar-refractivity contribution < 1.29 is 13.9 Å². The fourth-order valence-corrected chi connectivity index (χ4v) is 5.12. The van der Waals surface area contributed by atoms with E-state index in [1.54, 1.807) is 0 Å². The second kappa shape index (κ2) is 8.27. The van der Waals surface area contributed by atoms with Crippen LogP contribution in [0.2, 0.25) is 0 Å². The molecule has 2 aromatic rings. The van der Waals surface area contributed by atoms with Gasteiger partial charge in [-0.25, -0.2) is 4.98 Å². The first-order chi connectivity index (χ1) is 15.7. The Labute approximate surface area is 194 Å². The fourth-order valence-electron chi connectivity index (χ4n) is 5.12. The van der Waals surface area contributed by atoms with Gasteiger partial charge in [0.05, 0.1) is 29.6 Å². The van der Waals surface area contributed by atoms with Gasteiger partial charge in [0.2, 0.25) is 18.2 Å². The van der Waals surface area contributed by atoms with E-state index in [2.05, 4.69) is 42.8 Å². The van der Waals surface area contributed by atoms with Gasteiger partial charge < -0.3 is 24.7 Å². The smallest absolute Gasteiger partial charge is 0.232 e. The Morgan fingerprint density at radius 3 is 2.73 bits per heavy atom. The van der Waals surface area contributed by atoms with E-state index in [9.17, 15) is 4.79 Å². The monoisotopic (exact) mass is 454 g/mol. The van der Waals surface area contributed by atoms with E-state index in [0.29, 0.717) is 38.0 Å². The van der Waals surface area contributed by atoms with Crippen LogP contribution in [0.5, 0.6) is 0 Å². The number of pyridine rings is 1. The minimum Gasteiger partial charge on any atom is -0.427 e. The zero-order valence-corrected chi connectivity index (χ0v) is 20.0.